The normalized spacial score (nSPS) is 10.0. The lowest BCUT2D eigenvalue weighted by Crippen LogP contribution is -2.13. The smallest absolute Gasteiger partial charge is 0.343 e. The topological polar surface area (TPSA) is 52.6 Å². The first kappa shape index (κ1) is 14.8. The summed E-state index contributed by atoms with van der Waals surface area (Å²) in [6.07, 6.45) is 0. The molecule has 0 fully saturated rings. The lowest BCUT2D eigenvalue weighted by Gasteiger charge is -2.09. The van der Waals surface area contributed by atoms with Crippen LogP contribution in [0.5, 0.6) is 5.75 Å². The second-order valence-electron chi connectivity index (χ2n) is 4.47. The van der Waals surface area contributed by atoms with Crippen LogP contribution in [0.25, 0.3) is 0 Å². The molecule has 2 rings (SSSR count). The van der Waals surface area contributed by atoms with Gasteiger partial charge < -0.3 is 9.47 Å². The van der Waals surface area contributed by atoms with Gasteiger partial charge in [0.2, 0.25) is 0 Å². The summed E-state index contributed by atoms with van der Waals surface area (Å²) in [6.45, 7) is 3.92. The highest BCUT2D eigenvalue weighted by Gasteiger charge is 2.16. The van der Waals surface area contributed by atoms with Gasteiger partial charge in [-0.3, -0.25) is 0 Å². The standard InChI is InChI=1S/C17H16O4/c1-3-20-17(19)14-6-4-5-7-15(14)21-16(18)13-10-8-12(2)9-11-13/h4-11H,3H2,1-2H3. The minimum Gasteiger partial charge on any atom is -0.462 e. The molecule has 0 aromatic heterocycles. The molecule has 0 saturated carbocycles. The van der Waals surface area contributed by atoms with Crippen LogP contribution in [-0.2, 0) is 4.74 Å². The summed E-state index contributed by atoms with van der Waals surface area (Å²) < 4.78 is 10.2. The number of hydrogen-bond acceptors (Lipinski definition) is 4. The van der Waals surface area contributed by atoms with Crippen molar-refractivity contribution < 1.29 is 19.1 Å². The van der Waals surface area contributed by atoms with Gasteiger partial charge in [0, 0.05) is 0 Å². The lowest BCUT2D eigenvalue weighted by atomic mass is 10.1. The zero-order chi connectivity index (χ0) is 15.2. The Kier molecular flexibility index (Phi) is 4.72. The van der Waals surface area contributed by atoms with Crippen LogP contribution in [0.4, 0.5) is 0 Å². The highest BCUT2D eigenvalue weighted by atomic mass is 16.5. The lowest BCUT2D eigenvalue weighted by molar-refractivity contribution is 0.0520. The van der Waals surface area contributed by atoms with Gasteiger partial charge in [-0.15, -0.1) is 0 Å². The maximum absolute atomic E-state index is 12.1. The first-order valence-corrected chi connectivity index (χ1v) is 6.67. The van der Waals surface area contributed by atoms with Gasteiger partial charge in [0.15, 0.2) is 0 Å². The zero-order valence-electron chi connectivity index (χ0n) is 12.0. The Morgan fingerprint density at radius 2 is 1.62 bits per heavy atom. The van der Waals surface area contributed by atoms with E-state index in [-0.39, 0.29) is 17.9 Å². The molecule has 0 bridgehead atoms. The summed E-state index contributed by atoms with van der Waals surface area (Å²) in [7, 11) is 0. The molecule has 0 saturated heterocycles. The second kappa shape index (κ2) is 6.70. The molecule has 4 heteroatoms. The van der Waals surface area contributed by atoms with Crippen LogP contribution < -0.4 is 4.74 Å². The quantitative estimate of drug-likeness (QED) is 0.638. The molecule has 0 radical (unpaired) electrons. The van der Waals surface area contributed by atoms with E-state index in [9.17, 15) is 9.59 Å². The van der Waals surface area contributed by atoms with E-state index in [2.05, 4.69) is 0 Å². The van der Waals surface area contributed by atoms with E-state index >= 15 is 0 Å². The molecule has 0 heterocycles. The van der Waals surface area contributed by atoms with E-state index in [4.69, 9.17) is 9.47 Å². The third kappa shape index (κ3) is 3.69. The predicted molar refractivity (Wildman–Crippen MR) is 78.5 cm³/mol. The van der Waals surface area contributed by atoms with Crippen molar-refractivity contribution in [2.75, 3.05) is 6.61 Å². The molecule has 108 valence electrons. The first-order chi connectivity index (χ1) is 10.1. The molecule has 2 aromatic carbocycles. The van der Waals surface area contributed by atoms with Gasteiger partial charge in [0.25, 0.3) is 0 Å². The average molecular weight is 284 g/mol. The van der Waals surface area contributed by atoms with Crippen LogP contribution in [0, 0.1) is 6.92 Å². The van der Waals surface area contributed by atoms with E-state index in [1.165, 1.54) is 0 Å². The molecule has 21 heavy (non-hydrogen) atoms. The number of carbonyl (C=O) groups excluding carboxylic acids is 2. The highest BCUT2D eigenvalue weighted by Crippen LogP contribution is 2.20. The fourth-order valence-electron chi connectivity index (χ4n) is 1.78. The van der Waals surface area contributed by atoms with Crippen molar-refractivity contribution in [3.63, 3.8) is 0 Å². The number of esters is 2. The number of benzene rings is 2. The van der Waals surface area contributed by atoms with E-state index in [0.29, 0.717) is 5.56 Å². The Morgan fingerprint density at radius 3 is 2.29 bits per heavy atom. The minimum atomic E-state index is -0.509. The van der Waals surface area contributed by atoms with Crippen LogP contribution in [0.1, 0.15) is 33.2 Å². The van der Waals surface area contributed by atoms with Gasteiger partial charge in [-0.1, -0.05) is 29.8 Å². The fraction of sp³-hybridized carbons (Fsp3) is 0.176. The van der Waals surface area contributed by atoms with Crippen LogP contribution >= 0.6 is 0 Å². The van der Waals surface area contributed by atoms with Crippen LogP contribution in [0.2, 0.25) is 0 Å². The van der Waals surface area contributed by atoms with E-state index in [1.54, 1.807) is 43.3 Å². The summed E-state index contributed by atoms with van der Waals surface area (Å²) in [4.78, 5) is 23.9. The highest BCUT2D eigenvalue weighted by molar-refractivity contribution is 5.96. The molecular formula is C17H16O4. The molecule has 0 amide bonds. The molecular weight excluding hydrogens is 268 g/mol. The largest absolute Gasteiger partial charge is 0.462 e. The second-order valence-corrected chi connectivity index (χ2v) is 4.47. The van der Waals surface area contributed by atoms with Crippen molar-refractivity contribution in [1.82, 2.24) is 0 Å². The van der Waals surface area contributed by atoms with Gasteiger partial charge in [-0.25, -0.2) is 9.59 Å². The summed E-state index contributed by atoms with van der Waals surface area (Å²) in [5.74, 6) is -0.821. The SMILES string of the molecule is CCOC(=O)c1ccccc1OC(=O)c1ccc(C)cc1. The van der Waals surface area contributed by atoms with Crippen molar-refractivity contribution in [3.05, 3.63) is 65.2 Å². The molecule has 0 N–H and O–H groups in total. The Morgan fingerprint density at radius 1 is 0.952 bits per heavy atom. The van der Waals surface area contributed by atoms with Gasteiger partial charge in [0.05, 0.1) is 12.2 Å². The summed E-state index contributed by atoms with van der Waals surface area (Å²) in [6, 6.07) is 13.5. The number of rotatable bonds is 4. The Labute approximate surface area is 123 Å². The molecule has 0 unspecified atom stereocenters. The number of carbonyl (C=O) groups is 2. The van der Waals surface area contributed by atoms with Crippen molar-refractivity contribution in [1.29, 1.82) is 0 Å². The summed E-state index contributed by atoms with van der Waals surface area (Å²) >= 11 is 0. The molecule has 0 atom stereocenters. The monoisotopic (exact) mass is 284 g/mol. The minimum absolute atomic E-state index is 0.196. The Bertz CT molecular complexity index is 644. The van der Waals surface area contributed by atoms with Crippen molar-refractivity contribution in [3.8, 4) is 5.75 Å². The summed E-state index contributed by atoms with van der Waals surface area (Å²) in [5.41, 5.74) is 1.72. The van der Waals surface area contributed by atoms with Crippen molar-refractivity contribution in [2.45, 2.75) is 13.8 Å². The molecule has 0 aliphatic carbocycles. The summed E-state index contributed by atoms with van der Waals surface area (Å²) in [5, 5.41) is 0. The molecule has 0 aliphatic heterocycles. The molecule has 0 spiro atoms. The number of ether oxygens (including phenoxy) is 2. The van der Waals surface area contributed by atoms with E-state index < -0.39 is 11.9 Å². The Balaban J connectivity index is 2.21. The number of hydrogen-bond donors (Lipinski definition) is 0. The van der Waals surface area contributed by atoms with Gasteiger partial charge >= 0.3 is 11.9 Å². The van der Waals surface area contributed by atoms with Crippen LogP contribution in [-0.4, -0.2) is 18.5 Å². The van der Waals surface area contributed by atoms with Crippen LogP contribution in [0.15, 0.2) is 48.5 Å². The third-order valence-electron chi connectivity index (χ3n) is 2.87. The van der Waals surface area contributed by atoms with Crippen molar-refractivity contribution >= 4 is 11.9 Å². The molecule has 4 nitrogen and oxygen atoms in total. The molecule has 2 aromatic rings. The predicted octanol–water partition coefficient (Wildman–Crippen LogP) is 3.39. The maximum Gasteiger partial charge on any atom is 0.343 e. The zero-order valence-corrected chi connectivity index (χ0v) is 12.0. The van der Waals surface area contributed by atoms with Gasteiger partial charge in [-0.2, -0.15) is 0 Å². The fourth-order valence-corrected chi connectivity index (χ4v) is 1.78. The molecule has 0 aliphatic rings. The number of aryl methyl sites for hydroxylation is 1. The van der Waals surface area contributed by atoms with Crippen LogP contribution in [0.3, 0.4) is 0 Å². The third-order valence-corrected chi connectivity index (χ3v) is 2.87. The average Bonchev–Trinajstić information content (AvgIpc) is 2.48. The first-order valence-electron chi connectivity index (χ1n) is 6.67. The van der Waals surface area contributed by atoms with Gasteiger partial charge in [-0.05, 0) is 38.1 Å². The maximum atomic E-state index is 12.1. The van der Waals surface area contributed by atoms with E-state index in [0.717, 1.165) is 5.56 Å². The van der Waals surface area contributed by atoms with E-state index in [1.807, 2.05) is 19.1 Å². The Hall–Kier alpha value is -2.62. The van der Waals surface area contributed by atoms with Gasteiger partial charge in [0.1, 0.15) is 11.3 Å². The van der Waals surface area contributed by atoms with Crippen molar-refractivity contribution in [2.24, 2.45) is 0 Å². The number of para-hydroxylation sites is 1.